The van der Waals surface area contributed by atoms with E-state index in [9.17, 15) is 8.42 Å². The molecule has 1 rings (SSSR count). The Labute approximate surface area is 70.7 Å². The van der Waals surface area contributed by atoms with Crippen molar-refractivity contribution < 1.29 is 8.42 Å². The quantitative estimate of drug-likeness (QED) is 0.693. The maximum atomic E-state index is 11.4. The highest BCUT2D eigenvalue weighted by Gasteiger charge is 2.22. The van der Waals surface area contributed by atoms with E-state index in [2.05, 4.69) is 15.2 Å². The van der Waals surface area contributed by atoms with Crippen molar-refractivity contribution in [1.29, 1.82) is 0 Å². The molecule has 0 saturated carbocycles. The highest BCUT2D eigenvalue weighted by atomic mass is 32.2. The smallest absolute Gasteiger partial charge is 0.265 e. The summed E-state index contributed by atoms with van der Waals surface area (Å²) < 4.78 is 24.0. The minimum atomic E-state index is -3.47. The first kappa shape index (κ1) is 9.14. The Morgan fingerprint density at radius 2 is 2.33 bits per heavy atom. The standard InChI is InChI=1S/C5H10N4O2S/c1-3-9(2)12(10,11)5-6-4-7-8-5/h4H,3H2,1-2H3,(H,6,7,8). The van der Waals surface area contributed by atoms with Crippen LogP contribution in [0.25, 0.3) is 0 Å². The Balaban J connectivity index is 3.03. The van der Waals surface area contributed by atoms with Crippen molar-refractivity contribution in [3.63, 3.8) is 0 Å². The third kappa shape index (κ3) is 1.46. The molecule has 0 bridgehead atoms. The van der Waals surface area contributed by atoms with Crippen LogP contribution in [-0.4, -0.2) is 41.5 Å². The molecule has 0 aliphatic rings. The zero-order valence-electron chi connectivity index (χ0n) is 6.85. The monoisotopic (exact) mass is 190 g/mol. The minimum Gasteiger partial charge on any atom is -0.265 e. The third-order valence-corrected chi connectivity index (χ3v) is 3.22. The number of nitrogens with one attached hydrogen (secondary N) is 1. The van der Waals surface area contributed by atoms with Gasteiger partial charge in [-0.3, -0.25) is 5.10 Å². The lowest BCUT2D eigenvalue weighted by Gasteiger charge is -2.10. The first-order valence-corrected chi connectivity index (χ1v) is 4.85. The van der Waals surface area contributed by atoms with E-state index in [1.807, 2.05) is 0 Å². The van der Waals surface area contributed by atoms with Crippen LogP contribution in [0.1, 0.15) is 6.92 Å². The van der Waals surface area contributed by atoms with Gasteiger partial charge < -0.3 is 0 Å². The summed E-state index contributed by atoms with van der Waals surface area (Å²) in [5, 5.41) is 5.65. The Hall–Kier alpha value is -0.950. The molecule has 0 aromatic carbocycles. The first-order chi connectivity index (χ1) is 5.59. The zero-order valence-corrected chi connectivity index (χ0v) is 7.67. The second-order valence-corrected chi connectivity index (χ2v) is 4.14. The summed E-state index contributed by atoms with van der Waals surface area (Å²) >= 11 is 0. The topological polar surface area (TPSA) is 79.0 Å². The van der Waals surface area contributed by atoms with Crippen LogP contribution in [0.3, 0.4) is 0 Å². The van der Waals surface area contributed by atoms with Crippen LogP contribution in [0.15, 0.2) is 11.5 Å². The average Bonchev–Trinajstić information content (AvgIpc) is 2.55. The van der Waals surface area contributed by atoms with Crippen LogP contribution < -0.4 is 0 Å². The maximum Gasteiger partial charge on any atom is 0.282 e. The Morgan fingerprint density at radius 1 is 1.67 bits per heavy atom. The molecule has 0 atom stereocenters. The lowest BCUT2D eigenvalue weighted by Crippen LogP contribution is -2.27. The number of rotatable bonds is 3. The molecule has 68 valence electrons. The third-order valence-electron chi connectivity index (χ3n) is 1.48. The second-order valence-electron chi connectivity index (χ2n) is 2.20. The van der Waals surface area contributed by atoms with Crippen LogP contribution in [0.5, 0.6) is 0 Å². The number of sulfonamides is 1. The number of hydrogen-bond donors (Lipinski definition) is 1. The van der Waals surface area contributed by atoms with Crippen LogP contribution in [0.4, 0.5) is 0 Å². The van der Waals surface area contributed by atoms with Gasteiger partial charge in [-0.25, -0.2) is 13.4 Å². The van der Waals surface area contributed by atoms with Gasteiger partial charge in [0.25, 0.3) is 15.2 Å². The van der Waals surface area contributed by atoms with Crippen molar-refractivity contribution in [1.82, 2.24) is 19.5 Å². The molecule has 0 aliphatic heterocycles. The Morgan fingerprint density at radius 3 is 2.75 bits per heavy atom. The van der Waals surface area contributed by atoms with Crippen molar-refractivity contribution in [3.8, 4) is 0 Å². The molecule has 1 heterocycles. The Bertz CT molecular complexity index is 330. The van der Waals surface area contributed by atoms with Crippen molar-refractivity contribution >= 4 is 10.0 Å². The van der Waals surface area contributed by atoms with Crippen molar-refractivity contribution in [3.05, 3.63) is 6.33 Å². The molecule has 1 aromatic heterocycles. The fraction of sp³-hybridized carbons (Fsp3) is 0.600. The number of nitrogens with zero attached hydrogens (tertiary/aromatic N) is 3. The minimum absolute atomic E-state index is 0.188. The van der Waals surface area contributed by atoms with Crippen molar-refractivity contribution in [2.75, 3.05) is 13.6 Å². The summed E-state index contributed by atoms with van der Waals surface area (Å²) in [4.78, 5) is 3.56. The molecule has 0 amide bonds. The summed E-state index contributed by atoms with van der Waals surface area (Å²) in [6, 6.07) is 0. The van der Waals surface area contributed by atoms with Gasteiger partial charge in [0.2, 0.25) is 0 Å². The molecule has 12 heavy (non-hydrogen) atoms. The molecule has 7 heteroatoms. The molecular formula is C5H10N4O2S. The van der Waals surface area contributed by atoms with E-state index in [1.54, 1.807) is 6.92 Å². The number of aromatic nitrogens is 3. The molecule has 1 N–H and O–H groups in total. The van der Waals surface area contributed by atoms with Crippen molar-refractivity contribution in [2.24, 2.45) is 0 Å². The van der Waals surface area contributed by atoms with Gasteiger partial charge in [-0.1, -0.05) is 6.92 Å². The highest BCUT2D eigenvalue weighted by molar-refractivity contribution is 7.88. The number of H-pyrrole nitrogens is 1. The summed E-state index contributed by atoms with van der Waals surface area (Å²) in [5.41, 5.74) is 0. The van der Waals surface area contributed by atoms with Gasteiger partial charge in [-0.15, -0.1) is 5.10 Å². The molecule has 0 radical (unpaired) electrons. The second kappa shape index (κ2) is 3.20. The van der Waals surface area contributed by atoms with Crippen molar-refractivity contribution in [2.45, 2.75) is 12.1 Å². The average molecular weight is 190 g/mol. The maximum absolute atomic E-state index is 11.4. The van der Waals surface area contributed by atoms with Gasteiger partial charge >= 0.3 is 0 Å². The molecular weight excluding hydrogens is 180 g/mol. The molecule has 1 aromatic rings. The summed E-state index contributed by atoms with van der Waals surface area (Å²) in [7, 11) is -1.99. The lowest BCUT2D eigenvalue weighted by molar-refractivity contribution is 0.479. The highest BCUT2D eigenvalue weighted by Crippen LogP contribution is 2.05. The fourth-order valence-electron chi connectivity index (χ4n) is 0.631. The molecule has 6 nitrogen and oxygen atoms in total. The van der Waals surface area contributed by atoms with Gasteiger partial charge in [0, 0.05) is 13.6 Å². The van der Waals surface area contributed by atoms with E-state index >= 15 is 0 Å². The molecule has 0 aliphatic carbocycles. The first-order valence-electron chi connectivity index (χ1n) is 3.41. The summed E-state index contributed by atoms with van der Waals surface area (Å²) in [6.07, 6.45) is 1.23. The predicted octanol–water partition coefficient (Wildman–Crippen LogP) is -0.555. The van der Waals surface area contributed by atoms with E-state index in [1.165, 1.54) is 17.7 Å². The SMILES string of the molecule is CCN(C)S(=O)(=O)c1nc[nH]n1. The molecule has 0 saturated heterocycles. The normalized spacial score (nSPS) is 12.2. The van der Waals surface area contributed by atoms with Gasteiger partial charge in [0.15, 0.2) is 0 Å². The van der Waals surface area contributed by atoms with Crippen LogP contribution in [0, 0.1) is 0 Å². The number of aromatic amines is 1. The summed E-state index contributed by atoms with van der Waals surface area (Å²) in [6.45, 7) is 2.14. The van der Waals surface area contributed by atoms with Crippen LogP contribution in [0.2, 0.25) is 0 Å². The Kier molecular flexibility index (Phi) is 2.43. The zero-order chi connectivity index (χ0) is 9.19. The van der Waals surface area contributed by atoms with Crippen LogP contribution in [-0.2, 0) is 10.0 Å². The number of hydrogen-bond acceptors (Lipinski definition) is 4. The fourth-order valence-corrected chi connectivity index (χ4v) is 1.60. The largest absolute Gasteiger partial charge is 0.282 e. The lowest BCUT2D eigenvalue weighted by atomic mass is 10.8. The van der Waals surface area contributed by atoms with Gasteiger partial charge in [0.1, 0.15) is 6.33 Å². The van der Waals surface area contributed by atoms with E-state index in [-0.39, 0.29) is 5.16 Å². The predicted molar refractivity (Wildman–Crippen MR) is 41.9 cm³/mol. The van der Waals surface area contributed by atoms with E-state index in [0.717, 1.165) is 0 Å². The molecule has 0 unspecified atom stereocenters. The van der Waals surface area contributed by atoms with E-state index < -0.39 is 10.0 Å². The molecule has 0 fully saturated rings. The van der Waals surface area contributed by atoms with Gasteiger partial charge in [-0.05, 0) is 0 Å². The van der Waals surface area contributed by atoms with E-state index in [0.29, 0.717) is 6.54 Å². The molecule has 0 spiro atoms. The summed E-state index contributed by atoms with van der Waals surface area (Å²) in [5.74, 6) is 0. The van der Waals surface area contributed by atoms with Gasteiger partial charge in [0.05, 0.1) is 0 Å². The van der Waals surface area contributed by atoms with E-state index in [4.69, 9.17) is 0 Å². The van der Waals surface area contributed by atoms with Gasteiger partial charge in [-0.2, -0.15) is 4.31 Å². The van der Waals surface area contributed by atoms with Crippen LogP contribution >= 0.6 is 0 Å².